The molecule has 25 heavy (non-hydrogen) atoms. The van der Waals surface area contributed by atoms with Gasteiger partial charge in [-0.25, -0.2) is 9.78 Å². The highest BCUT2D eigenvalue weighted by molar-refractivity contribution is 5.76. The van der Waals surface area contributed by atoms with Crippen LogP contribution in [-0.4, -0.2) is 39.9 Å². The highest BCUT2D eigenvalue weighted by Gasteiger charge is 2.21. The number of fused-ring (bicyclic) bond motifs is 1. The quantitative estimate of drug-likeness (QED) is 0.753. The summed E-state index contributed by atoms with van der Waals surface area (Å²) in [4.78, 5) is 16.8. The smallest absolute Gasteiger partial charge is 0.315 e. The van der Waals surface area contributed by atoms with Crippen molar-refractivity contribution in [2.24, 2.45) is 5.92 Å². The number of aliphatic hydroxyl groups is 1. The first kappa shape index (κ1) is 17.7. The van der Waals surface area contributed by atoms with Gasteiger partial charge in [0.2, 0.25) is 0 Å². The largest absolute Gasteiger partial charge is 0.396 e. The maximum absolute atomic E-state index is 12.1. The molecule has 6 heteroatoms. The SMILES string of the molecule is CCn1c(CCNC(=O)NC2CCC(CO)CC2)nc2ccccc21. The van der Waals surface area contributed by atoms with Gasteiger partial charge in [-0.3, -0.25) is 0 Å². The van der Waals surface area contributed by atoms with E-state index >= 15 is 0 Å². The van der Waals surface area contributed by atoms with E-state index in [-0.39, 0.29) is 18.7 Å². The molecule has 2 aromatic rings. The number of carbonyl (C=O) groups excluding carboxylic acids is 1. The minimum absolute atomic E-state index is 0.105. The van der Waals surface area contributed by atoms with Crippen LogP contribution in [0.15, 0.2) is 24.3 Å². The molecule has 1 saturated carbocycles. The fraction of sp³-hybridized carbons (Fsp3) is 0.579. The number of benzene rings is 1. The summed E-state index contributed by atoms with van der Waals surface area (Å²) < 4.78 is 2.20. The van der Waals surface area contributed by atoms with Crippen molar-refractivity contribution in [1.29, 1.82) is 0 Å². The summed E-state index contributed by atoms with van der Waals surface area (Å²) >= 11 is 0. The van der Waals surface area contributed by atoms with Crippen LogP contribution < -0.4 is 10.6 Å². The second-order valence-electron chi connectivity index (χ2n) is 6.81. The van der Waals surface area contributed by atoms with Crippen LogP contribution in [0.2, 0.25) is 0 Å². The van der Waals surface area contributed by atoms with E-state index in [0.717, 1.165) is 49.1 Å². The Bertz CT molecular complexity index is 705. The van der Waals surface area contributed by atoms with Crippen LogP contribution in [0.4, 0.5) is 4.79 Å². The van der Waals surface area contributed by atoms with Gasteiger partial charge in [-0.15, -0.1) is 0 Å². The van der Waals surface area contributed by atoms with E-state index in [0.29, 0.717) is 18.9 Å². The summed E-state index contributed by atoms with van der Waals surface area (Å²) in [5, 5.41) is 15.2. The molecule has 1 heterocycles. The standard InChI is InChI=1S/C19H28N4O2/c1-2-23-17-6-4-3-5-16(17)22-18(23)11-12-20-19(25)21-15-9-7-14(13-24)8-10-15/h3-6,14-15,24H,2,7-13H2,1H3,(H2,20,21,25). The van der Waals surface area contributed by atoms with Crippen molar-refractivity contribution in [3.05, 3.63) is 30.1 Å². The molecule has 0 radical (unpaired) electrons. The molecule has 1 aliphatic rings. The molecule has 0 saturated heterocycles. The molecule has 3 N–H and O–H groups in total. The van der Waals surface area contributed by atoms with Gasteiger partial charge in [0.05, 0.1) is 11.0 Å². The lowest BCUT2D eigenvalue weighted by atomic mass is 9.87. The first-order valence-electron chi connectivity index (χ1n) is 9.30. The average molecular weight is 344 g/mol. The van der Waals surface area contributed by atoms with E-state index in [1.165, 1.54) is 0 Å². The molecule has 0 bridgehead atoms. The summed E-state index contributed by atoms with van der Waals surface area (Å²) in [5.74, 6) is 1.41. The van der Waals surface area contributed by atoms with E-state index in [4.69, 9.17) is 0 Å². The van der Waals surface area contributed by atoms with Crippen molar-refractivity contribution in [3.8, 4) is 0 Å². The molecule has 0 spiro atoms. The number of rotatable bonds is 6. The molecular weight excluding hydrogens is 316 g/mol. The summed E-state index contributed by atoms with van der Waals surface area (Å²) in [6.07, 6.45) is 4.59. The van der Waals surface area contributed by atoms with Gasteiger partial charge >= 0.3 is 6.03 Å². The van der Waals surface area contributed by atoms with Crippen LogP contribution in [0, 0.1) is 5.92 Å². The van der Waals surface area contributed by atoms with Crippen molar-refractivity contribution < 1.29 is 9.90 Å². The monoisotopic (exact) mass is 344 g/mol. The first-order chi connectivity index (χ1) is 12.2. The van der Waals surface area contributed by atoms with E-state index in [1.807, 2.05) is 18.2 Å². The van der Waals surface area contributed by atoms with Gasteiger partial charge in [0.15, 0.2) is 0 Å². The van der Waals surface area contributed by atoms with Crippen molar-refractivity contribution in [1.82, 2.24) is 20.2 Å². The van der Waals surface area contributed by atoms with Crippen LogP contribution in [0.25, 0.3) is 11.0 Å². The zero-order chi connectivity index (χ0) is 17.6. The fourth-order valence-corrected chi connectivity index (χ4v) is 3.68. The Balaban J connectivity index is 1.47. The number of imidazole rings is 1. The third kappa shape index (κ3) is 4.31. The Morgan fingerprint density at radius 2 is 2.04 bits per heavy atom. The third-order valence-electron chi connectivity index (χ3n) is 5.12. The van der Waals surface area contributed by atoms with E-state index in [9.17, 15) is 9.90 Å². The molecule has 1 aromatic heterocycles. The average Bonchev–Trinajstić information content (AvgIpc) is 2.99. The molecule has 3 rings (SSSR count). The maximum Gasteiger partial charge on any atom is 0.315 e. The lowest BCUT2D eigenvalue weighted by Crippen LogP contribution is -2.44. The van der Waals surface area contributed by atoms with Crippen molar-refractivity contribution in [3.63, 3.8) is 0 Å². The van der Waals surface area contributed by atoms with Crippen LogP contribution in [0.1, 0.15) is 38.4 Å². The Morgan fingerprint density at radius 3 is 2.76 bits per heavy atom. The molecule has 0 aliphatic heterocycles. The van der Waals surface area contributed by atoms with Crippen LogP contribution in [-0.2, 0) is 13.0 Å². The number of amides is 2. The molecule has 1 fully saturated rings. The highest BCUT2D eigenvalue weighted by Crippen LogP contribution is 2.23. The Morgan fingerprint density at radius 1 is 1.28 bits per heavy atom. The lowest BCUT2D eigenvalue weighted by molar-refractivity contribution is 0.174. The lowest BCUT2D eigenvalue weighted by Gasteiger charge is -2.27. The number of aryl methyl sites for hydroxylation is 1. The zero-order valence-electron chi connectivity index (χ0n) is 14.9. The van der Waals surface area contributed by atoms with Gasteiger partial charge in [0.25, 0.3) is 0 Å². The molecular formula is C19H28N4O2. The number of urea groups is 1. The van der Waals surface area contributed by atoms with Gasteiger partial charge in [-0.2, -0.15) is 0 Å². The van der Waals surface area contributed by atoms with E-state index < -0.39 is 0 Å². The summed E-state index contributed by atoms with van der Waals surface area (Å²) in [7, 11) is 0. The van der Waals surface area contributed by atoms with Crippen molar-refractivity contribution in [2.75, 3.05) is 13.2 Å². The van der Waals surface area contributed by atoms with Gasteiger partial charge in [-0.1, -0.05) is 12.1 Å². The number of aromatic nitrogens is 2. The number of nitrogens with zero attached hydrogens (tertiary/aromatic N) is 2. The minimum atomic E-state index is -0.105. The summed E-state index contributed by atoms with van der Waals surface area (Å²) in [6, 6.07) is 8.24. The molecule has 136 valence electrons. The molecule has 1 aliphatic carbocycles. The molecule has 0 unspecified atom stereocenters. The van der Waals surface area contributed by atoms with Crippen LogP contribution >= 0.6 is 0 Å². The summed E-state index contributed by atoms with van der Waals surface area (Å²) in [6.45, 7) is 3.81. The molecule has 6 nitrogen and oxygen atoms in total. The van der Waals surface area contributed by atoms with Crippen molar-refractivity contribution >= 4 is 17.1 Å². The van der Waals surface area contributed by atoms with Gasteiger partial charge in [0, 0.05) is 32.2 Å². The Hall–Kier alpha value is -2.08. The van der Waals surface area contributed by atoms with Gasteiger partial charge < -0.3 is 20.3 Å². The Kier molecular flexibility index (Phi) is 5.91. The zero-order valence-corrected chi connectivity index (χ0v) is 14.9. The number of para-hydroxylation sites is 2. The second-order valence-corrected chi connectivity index (χ2v) is 6.81. The van der Waals surface area contributed by atoms with Crippen LogP contribution in [0.5, 0.6) is 0 Å². The number of nitrogens with one attached hydrogen (secondary N) is 2. The number of hydrogen-bond donors (Lipinski definition) is 3. The highest BCUT2D eigenvalue weighted by atomic mass is 16.3. The molecule has 0 atom stereocenters. The second kappa shape index (κ2) is 8.34. The Labute approximate surface area is 148 Å². The van der Waals surface area contributed by atoms with Crippen LogP contribution in [0.3, 0.4) is 0 Å². The molecule has 1 aromatic carbocycles. The number of aliphatic hydroxyl groups excluding tert-OH is 1. The van der Waals surface area contributed by atoms with E-state index in [1.54, 1.807) is 0 Å². The van der Waals surface area contributed by atoms with E-state index in [2.05, 4.69) is 33.2 Å². The van der Waals surface area contributed by atoms with Crippen molar-refractivity contribution in [2.45, 2.75) is 51.6 Å². The molecule has 2 amide bonds. The normalized spacial score (nSPS) is 20.6. The predicted molar refractivity (Wildman–Crippen MR) is 98.5 cm³/mol. The topological polar surface area (TPSA) is 79.2 Å². The summed E-state index contributed by atoms with van der Waals surface area (Å²) in [5.41, 5.74) is 2.15. The fourth-order valence-electron chi connectivity index (χ4n) is 3.68. The minimum Gasteiger partial charge on any atom is -0.396 e. The maximum atomic E-state index is 12.1. The third-order valence-corrected chi connectivity index (χ3v) is 5.12. The van der Waals surface area contributed by atoms with Gasteiger partial charge in [0.1, 0.15) is 5.82 Å². The predicted octanol–water partition coefficient (Wildman–Crippen LogP) is 2.45. The first-order valence-corrected chi connectivity index (χ1v) is 9.30. The number of carbonyl (C=O) groups is 1. The number of hydrogen-bond acceptors (Lipinski definition) is 3. The van der Waals surface area contributed by atoms with Gasteiger partial charge in [-0.05, 0) is 50.7 Å².